The van der Waals surface area contributed by atoms with E-state index in [-0.39, 0.29) is 24.1 Å². The van der Waals surface area contributed by atoms with Gasteiger partial charge in [0, 0.05) is 16.9 Å². The zero-order valence-corrected chi connectivity index (χ0v) is 21.6. The molecule has 3 atom stereocenters. The highest BCUT2D eigenvalue weighted by Gasteiger charge is 2.49. The van der Waals surface area contributed by atoms with Crippen molar-refractivity contribution in [3.05, 3.63) is 71.3 Å². The first kappa shape index (κ1) is 26.8. The van der Waals surface area contributed by atoms with E-state index in [1.807, 2.05) is 70.2 Å². The van der Waals surface area contributed by atoms with Crippen LogP contribution in [-0.4, -0.2) is 63.1 Å². The minimum atomic E-state index is -1.51. The minimum absolute atomic E-state index is 0.231. The second-order valence-corrected chi connectivity index (χ2v) is 11.0. The van der Waals surface area contributed by atoms with Gasteiger partial charge in [-0.3, -0.25) is 14.4 Å². The highest BCUT2D eigenvalue weighted by Crippen LogP contribution is 2.39. The van der Waals surface area contributed by atoms with Gasteiger partial charge >= 0.3 is 0 Å². The second kappa shape index (κ2) is 11.7. The number of nitrogens with one attached hydrogen (secondary N) is 2. The largest absolute Gasteiger partial charge is 0.381 e. The SMILES string of the molecule is CCCNC(=O)[C@H]1N(C(=O)[C@@H](O)[C@H](Cc2ccccc2)NC(=O)c2ccccc2C)CSC1(C)C. The van der Waals surface area contributed by atoms with E-state index >= 15 is 0 Å². The molecule has 8 heteroatoms. The Hall–Kier alpha value is -2.84. The Morgan fingerprint density at radius 2 is 1.77 bits per heavy atom. The van der Waals surface area contributed by atoms with Crippen molar-refractivity contribution < 1.29 is 19.5 Å². The van der Waals surface area contributed by atoms with E-state index in [9.17, 15) is 19.5 Å². The monoisotopic (exact) mass is 497 g/mol. The number of thioether (sulfide) groups is 1. The summed E-state index contributed by atoms with van der Waals surface area (Å²) in [5.74, 6) is -0.863. The van der Waals surface area contributed by atoms with Gasteiger partial charge in [0.1, 0.15) is 6.04 Å². The molecule has 0 radical (unpaired) electrons. The standard InChI is InChI=1S/C27H35N3O4S/c1-5-15-28-25(33)23-27(3,4)35-17-30(23)26(34)22(31)21(16-19-12-7-6-8-13-19)29-24(32)20-14-10-9-11-18(20)2/h6-14,21-23,31H,5,15-17H2,1-4H3,(H,28,33)(H,29,32)/t21-,22-,23+/m0/s1. The number of aliphatic hydroxyl groups is 1. The molecule has 2 aromatic rings. The first-order valence-corrected chi connectivity index (χ1v) is 12.9. The van der Waals surface area contributed by atoms with Gasteiger partial charge in [0.05, 0.1) is 11.9 Å². The van der Waals surface area contributed by atoms with Crippen LogP contribution >= 0.6 is 11.8 Å². The average molecular weight is 498 g/mol. The van der Waals surface area contributed by atoms with Gasteiger partial charge in [-0.15, -0.1) is 11.8 Å². The molecule has 3 amide bonds. The number of carbonyl (C=O) groups excluding carboxylic acids is 3. The molecule has 3 N–H and O–H groups in total. The summed E-state index contributed by atoms with van der Waals surface area (Å²) in [6.07, 6.45) is -0.464. The van der Waals surface area contributed by atoms with Crippen molar-refractivity contribution in [2.24, 2.45) is 0 Å². The molecule has 1 aliphatic heterocycles. The van der Waals surface area contributed by atoms with Crippen LogP contribution < -0.4 is 10.6 Å². The number of nitrogens with zero attached hydrogens (tertiary/aromatic N) is 1. The van der Waals surface area contributed by atoms with Gasteiger partial charge in [0.2, 0.25) is 5.91 Å². The molecular weight excluding hydrogens is 462 g/mol. The van der Waals surface area contributed by atoms with Crippen LogP contribution in [0.4, 0.5) is 0 Å². The molecule has 1 fully saturated rings. The van der Waals surface area contributed by atoms with Crippen LogP contribution in [0.5, 0.6) is 0 Å². The highest BCUT2D eigenvalue weighted by molar-refractivity contribution is 8.00. The number of benzene rings is 2. The number of amides is 3. The number of aliphatic hydroxyl groups excluding tert-OH is 1. The Labute approximate surface area is 211 Å². The van der Waals surface area contributed by atoms with E-state index in [0.29, 0.717) is 12.1 Å². The van der Waals surface area contributed by atoms with E-state index in [1.54, 1.807) is 12.1 Å². The summed E-state index contributed by atoms with van der Waals surface area (Å²) in [7, 11) is 0. The summed E-state index contributed by atoms with van der Waals surface area (Å²) in [4.78, 5) is 41.1. The number of rotatable bonds is 9. The summed E-state index contributed by atoms with van der Waals surface area (Å²) in [5.41, 5.74) is 2.16. The fourth-order valence-electron chi connectivity index (χ4n) is 4.28. The smallest absolute Gasteiger partial charge is 0.254 e. The molecular formula is C27H35N3O4S. The lowest BCUT2D eigenvalue weighted by Crippen LogP contribution is -2.58. The van der Waals surface area contributed by atoms with Crippen molar-refractivity contribution in [3.8, 4) is 0 Å². The van der Waals surface area contributed by atoms with E-state index in [4.69, 9.17) is 0 Å². The number of aryl methyl sites for hydroxylation is 1. The maximum absolute atomic E-state index is 13.6. The van der Waals surface area contributed by atoms with Gasteiger partial charge < -0.3 is 20.6 Å². The van der Waals surface area contributed by atoms with Crippen molar-refractivity contribution in [1.29, 1.82) is 0 Å². The van der Waals surface area contributed by atoms with Gasteiger partial charge in [-0.2, -0.15) is 0 Å². The predicted octanol–water partition coefficient (Wildman–Crippen LogP) is 2.90. The quantitative estimate of drug-likeness (QED) is 0.495. The molecule has 0 aliphatic carbocycles. The maximum atomic E-state index is 13.6. The molecule has 0 saturated carbocycles. The first-order valence-electron chi connectivity index (χ1n) is 12.0. The van der Waals surface area contributed by atoms with Gasteiger partial charge in [0.15, 0.2) is 6.10 Å². The summed E-state index contributed by atoms with van der Waals surface area (Å²) in [6.45, 7) is 8.17. The molecule has 2 aromatic carbocycles. The van der Waals surface area contributed by atoms with Crippen molar-refractivity contribution in [1.82, 2.24) is 15.5 Å². The zero-order chi connectivity index (χ0) is 25.6. The van der Waals surface area contributed by atoms with E-state index in [0.717, 1.165) is 17.5 Å². The summed E-state index contributed by atoms with van der Waals surface area (Å²) < 4.78 is -0.507. The van der Waals surface area contributed by atoms with Crippen LogP contribution in [0, 0.1) is 6.92 Å². The third kappa shape index (κ3) is 6.44. The third-order valence-corrected chi connectivity index (χ3v) is 7.64. The van der Waals surface area contributed by atoms with Gasteiger partial charge in [-0.25, -0.2) is 0 Å². The van der Waals surface area contributed by atoms with Crippen LogP contribution in [0.2, 0.25) is 0 Å². The van der Waals surface area contributed by atoms with E-state index < -0.39 is 28.8 Å². The van der Waals surface area contributed by atoms with Crippen LogP contribution in [0.3, 0.4) is 0 Å². The molecule has 1 heterocycles. The first-order chi connectivity index (χ1) is 16.7. The molecule has 1 aliphatic rings. The predicted molar refractivity (Wildman–Crippen MR) is 139 cm³/mol. The molecule has 3 rings (SSSR count). The summed E-state index contributed by atoms with van der Waals surface area (Å²) in [5, 5.41) is 17.0. The molecule has 0 spiro atoms. The Bertz CT molecular complexity index is 1040. The molecule has 0 bridgehead atoms. The van der Waals surface area contributed by atoms with Crippen LogP contribution in [0.15, 0.2) is 54.6 Å². The third-order valence-electron chi connectivity index (χ3n) is 6.27. The number of hydrogen-bond acceptors (Lipinski definition) is 5. The highest BCUT2D eigenvalue weighted by atomic mass is 32.2. The normalized spacial score (nSPS) is 18.5. The number of hydrogen-bond donors (Lipinski definition) is 3. The Balaban J connectivity index is 1.86. The fraction of sp³-hybridized carbons (Fsp3) is 0.444. The lowest BCUT2D eigenvalue weighted by molar-refractivity contribution is -0.147. The zero-order valence-electron chi connectivity index (χ0n) is 20.8. The van der Waals surface area contributed by atoms with Crippen LogP contribution in [0.1, 0.15) is 48.7 Å². The second-order valence-electron chi connectivity index (χ2n) is 9.41. The minimum Gasteiger partial charge on any atom is -0.381 e. The summed E-state index contributed by atoms with van der Waals surface area (Å²) in [6, 6.07) is 15.0. The topological polar surface area (TPSA) is 98.7 Å². The van der Waals surface area contributed by atoms with E-state index in [1.165, 1.54) is 16.7 Å². The fourth-order valence-corrected chi connectivity index (χ4v) is 5.42. The Morgan fingerprint density at radius 3 is 2.43 bits per heavy atom. The molecule has 7 nitrogen and oxygen atoms in total. The van der Waals surface area contributed by atoms with Crippen LogP contribution in [-0.2, 0) is 16.0 Å². The van der Waals surface area contributed by atoms with Gasteiger partial charge in [-0.1, -0.05) is 55.5 Å². The van der Waals surface area contributed by atoms with Crippen molar-refractivity contribution in [2.75, 3.05) is 12.4 Å². The number of carbonyl (C=O) groups is 3. The summed E-state index contributed by atoms with van der Waals surface area (Å²) >= 11 is 1.50. The van der Waals surface area contributed by atoms with Gasteiger partial charge in [-0.05, 0) is 50.8 Å². The average Bonchev–Trinajstić information content (AvgIpc) is 3.16. The lowest BCUT2D eigenvalue weighted by atomic mass is 9.96. The molecule has 1 saturated heterocycles. The molecule has 0 aromatic heterocycles. The molecule has 188 valence electrons. The Morgan fingerprint density at radius 1 is 1.11 bits per heavy atom. The lowest BCUT2D eigenvalue weighted by Gasteiger charge is -2.33. The van der Waals surface area contributed by atoms with Gasteiger partial charge in [0.25, 0.3) is 11.8 Å². The van der Waals surface area contributed by atoms with Crippen molar-refractivity contribution >= 4 is 29.5 Å². The molecule has 0 unspecified atom stereocenters. The van der Waals surface area contributed by atoms with Crippen LogP contribution in [0.25, 0.3) is 0 Å². The maximum Gasteiger partial charge on any atom is 0.254 e. The molecule has 35 heavy (non-hydrogen) atoms. The van der Waals surface area contributed by atoms with E-state index in [2.05, 4.69) is 10.6 Å². The van der Waals surface area contributed by atoms with Crippen molar-refractivity contribution in [2.45, 2.75) is 63.5 Å². The Kier molecular flexibility index (Phi) is 8.97. The van der Waals surface area contributed by atoms with Crippen molar-refractivity contribution in [3.63, 3.8) is 0 Å².